The number of carbonyl (C=O) groups excluding carboxylic acids is 1. The van der Waals surface area contributed by atoms with Crippen molar-refractivity contribution < 1.29 is 18.7 Å². The summed E-state index contributed by atoms with van der Waals surface area (Å²) in [5, 5.41) is 0.463. The predicted molar refractivity (Wildman–Crippen MR) is 118 cm³/mol. The van der Waals surface area contributed by atoms with Crippen LogP contribution in [0.2, 0.25) is 0 Å². The summed E-state index contributed by atoms with van der Waals surface area (Å²) in [6.45, 7) is 5.22. The van der Waals surface area contributed by atoms with Crippen LogP contribution in [0.3, 0.4) is 0 Å². The Kier molecular flexibility index (Phi) is 6.52. The zero-order chi connectivity index (χ0) is 21.3. The molecule has 0 heterocycles. The maximum Gasteiger partial charge on any atom is 0.264 e. The molecule has 3 saturated carbocycles. The highest BCUT2D eigenvalue weighted by Gasteiger charge is 2.45. The lowest BCUT2D eigenvalue weighted by molar-refractivity contribution is -0.0216. The smallest absolute Gasteiger partial charge is 0.264 e. The Morgan fingerprint density at radius 1 is 1.23 bits per heavy atom. The van der Waals surface area contributed by atoms with E-state index in [1.807, 2.05) is 0 Å². The molecule has 2 bridgehead atoms. The fourth-order valence-corrected chi connectivity index (χ4v) is 6.52. The van der Waals surface area contributed by atoms with Gasteiger partial charge in [-0.15, -0.1) is 0 Å². The zero-order valence-electron chi connectivity index (χ0n) is 18.3. The first-order valence-electron chi connectivity index (χ1n) is 11.4. The molecule has 30 heavy (non-hydrogen) atoms. The maximum atomic E-state index is 14.7. The average molecular weight is 436 g/mol. The lowest BCUT2D eigenvalue weighted by Gasteiger charge is -2.50. The summed E-state index contributed by atoms with van der Waals surface area (Å²) in [4.78, 5) is 12.4. The van der Waals surface area contributed by atoms with Gasteiger partial charge in [-0.25, -0.2) is 4.39 Å². The summed E-state index contributed by atoms with van der Waals surface area (Å²) in [7, 11) is 1.53. The largest absolute Gasteiger partial charge is 0.493 e. The first-order chi connectivity index (χ1) is 14.4. The van der Waals surface area contributed by atoms with Gasteiger partial charge in [0.05, 0.1) is 19.3 Å². The summed E-state index contributed by atoms with van der Waals surface area (Å²) < 4.78 is 29.2. The fourth-order valence-electron chi connectivity index (χ4n) is 5.76. The molecule has 3 aliphatic rings. The number of carbonyl (C=O) groups is 1. The quantitative estimate of drug-likeness (QED) is 0.509. The van der Waals surface area contributed by atoms with Gasteiger partial charge in [0.2, 0.25) is 0 Å². The molecule has 1 aromatic carbocycles. The van der Waals surface area contributed by atoms with Crippen LogP contribution in [0.4, 0.5) is 4.39 Å². The van der Waals surface area contributed by atoms with E-state index in [-0.39, 0.29) is 11.0 Å². The number of ether oxygens (including phenoxy) is 2. The third kappa shape index (κ3) is 4.90. The molecule has 0 aliphatic heterocycles. The van der Waals surface area contributed by atoms with Crippen LogP contribution in [0.1, 0.15) is 75.6 Å². The molecule has 6 heteroatoms. The highest BCUT2D eigenvalue weighted by molar-refractivity contribution is 7.98. The molecule has 0 saturated heterocycles. The van der Waals surface area contributed by atoms with Crippen LogP contribution < -0.4 is 14.2 Å². The monoisotopic (exact) mass is 435 g/mol. The van der Waals surface area contributed by atoms with Gasteiger partial charge in [-0.2, -0.15) is 0 Å². The lowest BCUT2D eigenvalue weighted by Crippen LogP contribution is -2.43. The van der Waals surface area contributed by atoms with E-state index in [9.17, 15) is 9.18 Å². The number of halogens is 1. The number of rotatable bonds is 8. The molecule has 4 nitrogen and oxygen atoms in total. The number of hydrogen-bond acceptors (Lipinski definition) is 4. The molecule has 3 fully saturated rings. The van der Waals surface area contributed by atoms with Gasteiger partial charge in [-0.3, -0.25) is 9.52 Å². The standard InChI is InChI=1S/C24H34FNO3S/c1-4-16-8-17-7-15(2)11-24(12-16,13-17)14-29-22-10-20(25)19(9-21(22)28-3)23(27)26-30-18-5-6-18/h9-10,15-18H,4-8,11-14H2,1-3H3,(H,26,27). The topological polar surface area (TPSA) is 47.6 Å². The second-order valence-electron chi connectivity index (χ2n) is 9.85. The van der Waals surface area contributed by atoms with Gasteiger partial charge in [0.25, 0.3) is 5.91 Å². The van der Waals surface area contributed by atoms with E-state index in [0.717, 1.165) is 24.7 Å². The fraction of sp³-hybridized carbons (Fsp3) is 0.708. The number of methoxy groups -OCH3 is 1. The van der Waals surface area contributed by atoms with Gasteiger partial charge in [0.15, 0.2) is 11.5 Å². The third-order valence-corrected chi connectivity index (χ3v) is 8.19. The zero-order valence-corrected chi connectivity index (χ0v) is 19.2. The lowest BCUT2D eigenvalue weighted by atomic mass is 9.56. The Labute approximate surface area is 183 Å². The predicted octanol–water partition coefficient (Wildman–Crippen LogP) is 6.00. The minimum Gasteiger partial charge on any atom is -0.493 e. The van der Waals surface area contributed by atoms with Crippen molar-refractivity contribution >= 4 is 17.9 Å². The molecule has 166 valence electrons. The van der Waals surface area contributed by atoms with Gasteiger partial charge < -0.3 is 9.47 Å². The van der Waals surface area contributed by atoms with Crippen LogP contribution >= 0.6 is 11.9 Å². The van der Waals surface area contributed by atoms with Crippen molar-refractivity contribution in [1.82, 2.24) is 4.72 Å². The van der Waals surface area contributed by atoms with E-state index < -0.39 is 11.7 Å². The van der Waals surface area contributed by atoms with Crippen molar-refractivity contribution in [3.05, 3.63) is 23.5 Å². The first kappa shape index (κ1) is 21.8. The van der Waals surface area contributed by atoms with Crippen LogP contribution in [0.5, 0.6) is 11.5 Å². The number of hydrogen-bond donors (Lipinski definition) is 1. The van der Waals surface area contributed by atoms with Crippen LogP contribution in [-0.2, 0) is 0 Å². The Balaban J connectivity index is 1.48. The SMILES string of the molecule is CCC1CC2CC(C)CC(COc3cc(F)c(C(=O)NSC4CC4)cc3OC)(C1)C2. The summed E-state index contributed by atoms with van der Waals surface area (Å²) in [5.41, 5.74) is 0.167. The third-order valence-electron chi connectivity index (χ3n) is 7.08. The Bertz CT molecular complexity index is 780. The summed E-state index contributed by atoms with van der Waals surface area (Å²) in [5.74, 6) is 2.07. The van der Waals surface area contributed by atoms with Crippen molar-refractivity contribution in [3.63, 3.8) is 0 Å². The molecular formula is C24H34FNO3S. The molecule has 4 atom stereocenters. The molecular weight excluding hydrogens is 401 g/mol. The second kappa shape index (κ2) is 8.97. The highest BCUT2D eigenvalue weighted by atomic mass is 32.2. The van der Waals surface area contributed by atoms with Crippen LogP contribution in [-0.4, -0.2) is 24.9 Å². The van der Waals surface area contributed by atoms with E-state index in [1.54, 1.807) is 0 Å². The minimum absolute atomic E-state index is 0.000536. The summed E-state index contributed by atoms with van der Waals surface area (Å²) >= 11 is 1.37. The van der Waals surface area contributed by atoms with Gasteiger partial charge in [-0.05, 0) is 80.7 Å². The molecule has 1 amide bonds. The Morgan fingerprint density at radius 2 is 2.03 bits per heavy atom. The van der Waals surface area contributed by atoms with Crippen molar-refractivity contribution in [2.45, 2.75) is 70.5 Å². The molecule has 4 unspecified atom stereocenters. The Hall–Kier alpha value is -1.43. The first-order valence-corrected chi connectivity index (χ1v) is 12.3. The van der Waals surface area contributed by atoms with E-state index >= 15 is 0 Å². The van der Waals surface area contributed by atoms with Crippen molar-refractivity contribution in [1.29, 1.82) is 0 Å². The molecule has 0 spiro atoms. The van der Waals surface area contributed by atoms with Crippen LogP contribution in [0, 0.1) is 29.0 Å². The minimum atomic E-state index is -0.567. The summed E-state index contributed by atoms with van der Waals surface area (Å²) in [6.07, 6.45) is 9.64. The van der Waals surface area contributed by atoms with Crippen molar-refractivity contribution in [2.24, 2.45) is 23.2 Å². The van der Waals surface area contributed by atoms with Crippen molar-refractivity contribution in [3.8, 4) is 11.5 Å². The highest BCUT2D eigenvalue weighted by Crippen LogP contribution is 2.53. The molecule has 3 aliphatic carbocycles. The Morgan fingerprint density at radius 3 is 2.73 bits per heavy atom. The van der Waals surface area contributed by atoms with E-state index in [4.69, 9.17) is 9.47 Å². The maximum absolute atomic E-state index is 14.7. The summed E-state index contributed by atoms with van der Waals surface area (Å²) in [6, 6.07) is 2.78. The number of nitrogens with one attached hydrogen (secondary N) is 1. The normalized spacial score (nSPS) is 30.6. The molecule has 0 radical (unpaired) electrons. The molecule has 4 rings (SSSR count). The molecule has 1 N–H and O–H groups in total. The average Bonchev–Trinajstić information content (AvgIpc) is 3.54. The van der Waals surface area contributed by atoms with Gasteiger partial charge in [0, 0.05) is 16.7 Å². The van der Waals surface area contributed by atoms with Gasteiger partial charge in [-0.1, -0.05) is 20.3 Å². The van der Waals surface area contributed by atoms with Gasteiger partial charge in [0.1, 0.15) is 5.82 Å². The van der Waals surface area contributed by atoms with E-state index in [2.05, 4.69) is 18.6 Å². The second-order valence-corrected chi connectivity index (χ2v) is 11.0. The van der Waals surface area contributed by atoms with Crippen LogP contribution in [0.25, 0.3) is 0 Å². The number of benzene rings is 1. The van der Waals surface area contributed by atoms with E-state index in [0.29, 0.717) is 29.3 Å². The van der Waals surface area contributed by atoms with Crippen LogP contribution in [0.15, 0.2) is 12.1 Å². The molecule has 1 aromatic rings. The number of amides is 1. The van der Waals surface area contributed by atoms with Crippen molar-refractivity contribution in [2.75, 3.05) is 13.7 Å². The van der Waals surface area contributed by atoms with Gasteiger partial charge >= 0.3 is 0 Å². The van der Waals surface area contributed by atoms with E-state index in [1.165, 1.54) is 69.7 Å². The number of fused-ring (bicyclic) bond motifs is 2. The molecule has 0 aromatic heterocycles.